The topological polar surface area (TPSA) is 102 Å². The summed E-state index contributed by atoms with van der Waals surface area (Å²) >= 11 is 1.13. The number of carbonyl (C=O) groups is 1. The molecule has 1 aromatic heterocycles. The van der Waals surface area contributed by atoms with Crippen LogP contribution in [0.1, 0.15) is 49.3 Å². The van der Waals surface area contributed by atoms with E-state index in [1.54, 1.807) is 19.1 Å². The normalized spacial score (nSPS) is 14.7. The maximum absolute atomic E-state index is 11.7. The summed E-state index contributed by atoms with van der Waals surface area (Å²) in [6, 6.07) is 5.44. The molecule has 0 spiro atoms. The van der Waals surface area contributed by atoms with Gasteiger partial charge in [0.15, 0.2) is 0 Å². The van der Waals surface area contributed by atoms with Crippen molar-refractivity contribution in [1.82, 2.24) is 4.98 Å². The molecule has 0 bridgehead atoms. The molecule has 2 aromatic rings. The summed E-state index contributed by atoms with van der Waals surface area (Å²) in [5.41, 5.74) is 2.15. The van der Waals surface area contributed by atoms with E-state index < -0.39 is 13.2 Å². The molecule has 0 fully saturated rings. The van der Waals surface area contributed by atoms with Gasteiger partial charge < -0.3 is 19.2 Å². The number of aryl methyl sites for hydroxylation is 1. The lowest BCUT2D eigenvalue weighted by molar-refractivity contribution is -0.145. The summed E-state index contributed by atoms with van der Waals surface area (Å²) in [6.07, 6.45) is 0.924. The molecule has 1 aliphatic heterocycles. The number of fused-ring (bicyclic) bond motifs is 1. The lowest BCUT2D eigenvalue weighted by atomic mass is 9.77. The molecule has 1 N–H and O–H groups in total. The van der Waals surface area contributed by atoms with Crippen molar-refractivity contribution in [2.24, 2.45) is 0 Å². The first-order valence-corrected chi connectivity index (χ1v) is 9.50. The minimum Gasteiger partial charge on any atom is -0.466 e. The third-order valence-electron chi connectivity index (χ3n) is 3.73. The van der Waals surface area contributed by atoms with Gasteiger partial charge in [-0.25, -0.2) is 4.98 Å². The van der Waals surface area contributed by atoms with Crippen LogP contribution in [0.2, 0.25) is 0 Å². The number of nitriles is 1. The van der Waals surface area contributed by atoms with Crippen molar-refractivity contribution < 1.29 is 23.9 Å². The van der Waals surface area contributed by atoms with Crippen molar-refractivity contribution in [3.8, 4) is 17.0 Å². The van der Waals surface area contributed by atoms with E-state index >= 15 is 0 Å². The molecule has 1 aliphatic rings. The van der Waals surface area contributed by atoms with Gasteiger partial charge >= 0.3 is 13.1 Å². The molecular weight excluding hydrogens is 367 g/mol. The van der Waals surface area contributed by atoms with E-state index in [4.69, 9.17) is 19.4 Å². The molecule has 0 amide bonds. The number of hydrogen-bond acceptors (Lipinski definition) is 8. The van der Waals surface area contributed by atoms with Crippen molar-refractivity contribution in [2.45, 2.75) is 40.2 Å². The fraction of sp³-hybridized carbons (Fsp3) is 0.389. The Morgan fingerprint density at radius 1 is 1.48 bits per heavy atom. The van der Waals surface area contributed by atoms with Crippen molar-refractivity contribution >= 4 is 29.9 Å². The molecule has 7 nitrogen and oxygen atoms in total. The molecule has 3 rings (SSSR count). The van der Waals surface area contributed by atoms with E-state index in [-0.39, 0.29) is 12.4 Å². The summed E-state index contributed by atoms with van der Waals surface area (Å²) in [6.45, 7) is 7.89. The number of ether oxygens (including phenoxy) is 2. The lowest BCUT2D eigenvalue weighted by Crippen LogP contribution is -2.28. The molecule has 1 atom stereocenters. The van der Waals surface area contributed by atoms with Gasteiger partial charge in [-0.3, -0.25) is 4.79 Å². The van der Waals surface area contributed by atoms with Crippen LogP contribution in [-0.2, 0) is 14.2 Å². The Bertz CT molecular complexity index is 849. The Balaban J connectivity index is 0.00000126. The second-order valence-corrected chi connectivity index (χ2v) is 6.43. The average molecular weight is 388 g/mol. The first-order chi connectivity index (χ1) is 13.0. The number of esters is 1. The monoisotopic (exact) mass is 388 g/mol. The van der Waals surface area contributed by atoms with Gasteiger partial charge in [-0.2, -0.15) is 5.26 Å². The molecule has 142 valence electrons. The molecule has 9 heteroatoms. The van der Waals surface area contributed by atoms with Gasteiger partial charge in [-0.1, -0.05) is 25.2 Å². The molecule has 0 saturated heterocycles. The van der Waals surface area contributed by atoms with E-state index in [9.17, 15) is 9.82 Å². The quantitative estimate of drug-likeness (QED) is 0.621. The molecule has 1 unspecified atom stereocenters. The standard InChI is InChI=1S/C16H15BN2O5S.C2H6/c1-3-22-14(20)6-13-15-9(2)4-10(5-12(15)17(21)24-13)23-16-19-8-11(7-18)25-16;1-2/h4-5,8,13,21H,3,6H2,1-2H3;1-2H3. The minimum atomic E-state index is -1.14. The zero-order chi connectivity index (χ0) is 20.0. The zero-order valence-electron chi connectivity index (χ0n) is 15.7. The van der Waals surface area contributed by atoms with Crippen LogP contribution >= 0.6 is 11.3 Å². The molecular formula is C18H21BN2O5S. The zero-order valence-corrected chi connectivity index (χ0v) is 16.5. The van der Waals surface area contributed by atoms with Crippen molar-refractivity contribution in [1.29, 1.82) is 5.26 Å². The Morgan fingerprint density at radius 3 is 2.85 bits per heavy atom. The predicted octanol–water partition coefficient (Wildman–Crippen LogP) is 2.85. The van der Waals surface area contributed by atoms with E-state index in [1.807, 2.05) is 26.8 Å². The third-order valence-corrected chi connectivity index (χ3v) is 4.51. The van der Waals surface area contributed by atoms with Crippen molar-refractivity contribution in [3.63, 3.8) is 0 Å². The highest BCUT2D eigenvalue weighted by molar-refractivity contribution is 7.13. The number of aromatic nitrogens is 1. The summed E-state index contributed by atoms with van der Waals surface area (Å²) < 4.78 is 16.1. The third kappa shape index (κ3) is 4.86. The van der Waals surface area contributed by atoms with Crippen LogP contribution in [0.3, 0.4) is 0 Å². The van der Waals surface area contributed by atoms with Crippen LogP contribution in [-0.4, -0.2) is 29.7 Å². The van der Waals surface area contributed by atoms with Crippen LogP contribution in [0.5, 0.6) is 10.9 Å². The van der Waals surface area contributed by atoms with Gasteiger partial charge in [-0.05, 0) is 42.6 Å². The predicted molar refractivity (Wildman–Crippen MR) is 102 cm³/mol. The fourth-order valence-corrected chi connectivity index (χ4v) is 3.35. The number of nitrogens with zero attached hydrogens (tertiary/aromatic N) is 2. The lowest BCUT2D eigenvalue weighted by Gasteiger charge is -2.14. The number of thiazole rings is 1. The molecule has 0 radical (unpaired) electrons. The first-order valence-electron chi connectivity index (χ1n) is 8.69. The maximum atomic E-state index is 11.7. The molecule has 0 aliphatic carbocycles. The van der Waals surface area contributed by atoms with Gasteiger partial charge in [0, 0.05) is 0 Å². The van der Waals surface area contributed by atoms with E-state index in [1.165, 1.54) is 6.20 Å². The number of rotatable bonds is 5. The average Bonchev–Trinajstić information content (AvgIpc) is 3.22. The van der Waals surface area contributed by atoms with Crippen molar-refractivity contribution in [3.05, 3.63) is 34.3 Å². The molecule has 27 heavy (non-hydrogen) atoms. The number of benzene rings is 1. The summed E-state index contributed by atoms with van der Waals surface area (Å²) in [5.74, 6) is 0.105. The molecule has 1 aromatic carbocycles. The second-order valence-electron chi connectivity index (χ2n) is 5.43. The van der Waals surface area contributed by atoms with E-state index in [0.717, 1.165) is 22.5 Å². The van der Waals surface area contributed by atoms with Gasteiger partial charge in [0.1, 0.15) is 16.7 Å². The maximum Gasteiger partial charge on any atom is 0.492 e. The highest BCUT2D eigenvalue weighted by atomic mass is 32.1. The Labute approximate surface area is 162 Å². The van der Waals surface area contributed by atoms with E-state index in [0.29, 0.717) is 27.9 Å². The van der Waals surface area contributed by atoms with E-state index in [2.05, 4.69) is 4.98 Å². The highest BCUT2D eigenvalue weighted by Crippen LogP contribution is 2.34. The fourth-order valence-electron chi connectivity index (χ4n) is 2.77. The molecule has 2 heterocycles. The Morgan fingerprint density at radius 2 is 2.22 bits per heavy atom. The number of hydrogen-bond donors (Lipinski definition) is 1. The first kappa shape index (κ1) is 20.9. The minimum absolute atomic E-state index is 0.0386. The highest BCUT2D eigenvalue weighted by Gasteiger charge is 2.38. The summed E-state index contributed by atoms with van der Waals surface area (Å²) in [4.78, 5) is 16.2. The second kappa shape index (κ2) is 9.51. The summed E-state index contributed by atoms with van der Waals surface area (Å²) in [7, 11) is -1.14. The van der Waals surface area contributed by atoms with Crippen LogP contribution in [0.15, 0.2) is 18.3 Å². The van der Waals surface area contributed by atoms with Crippen LogP contribution in [0, 0.1) is 18.3 Å². The Hall–Kier alpha value is -2.41. The number of carbonyl (C=O) groups excluding carboxylic acids is 1. The van der Waals surface area contributed by atoms with Crippen LogP contribution in [0.4, 0.5) is 0 Å². The van der Waals surface area contributed by atoms with Gasteiger partial charge in [-0.15, -0.1) is 0 Å². The smallest absolute Gasteiger partial charge is 0.466 e. The van der Waals surface area contributed by atoms with Crippen LogP contribution in [0.25, 0.3) is 0 Å². The van der Waals surface area contributed by atoms with Crippen molar-refractivity contribution in [2.75, 3.05) is 6.61 Å². The van der Waals surface area contributed by atoms with Gasteiger partial charge in [0.2, 0.25) is 0 Å². The Kier molecular flexibility index (Phi) is 7.36. The van der Waals surface area contributed by atoms with Gasteiger partial charge in [0.25, 0.3) is 5.19 Å². The largest absolute Gasteiger partial charge is 0.492 e. The van der Waals surface area contributed by atoms with Gasteiger partial charge in [0.05, 0.1) is 25.3 Å². The SMILES string of the molecule is CC.CCOC(=O)CC1OB(O)c2cc(Oc3ncc(C#N)s3)cc(C)c21. The van der Waals surface area contributed by atoms with Crippen LogP contribution < -0.4 is 10.2 Å². The molecule has 0 saturated carbocycles. The summed E-state index contributed by atoms with van der Waals surface area (Å²) in [5, 5.41) is 19.3.